The smallest absolute Gasteiger partial charge is 0.264 e. The highest BCUT2D eigenvalue weighted by atomic mass is 32.2. The first kappa shape index (κ1) is 32.4. The maximum absolute atomic E-state index is 14.0. The number of nitrogens with zero attached hydrogens (tertiary/aromatic N) is 2. The molecule has 0 aliphatic carbocycles. The van der Waals surface area contributed by atoms with Gasteiger partial charge in [-0.1, -0.05) is 26.0 Å². The van der Waals surface area contributed by atoms with Gasteiger partial charge < -0.3 is 19.7 Å². The molecule has 0 radical (unpaired) electrons. The molecule has 0 saturated heterocycles. The van der Waals surface area contributed by atoms with Crippen LogP contribution in [0.5, 0.6) is 11.5 Å². The van der Waals surface area contributed by atoms with Gasteiger partial charge in [0.1, 0.15) is 29.9 Å². The predicted molar refractivity (Wildman–Crippen MR) is 159 cm³/mol. The van der Waals surface area contributed by atoms with Gasteiger partial charge in [-0.3, -0.25) is 13.9 Å². The molecule has 3 aromatic carbocycles. The van der Waals surface area contributed by atoms with Gasteiger partial charge in [0, 0.05) is 13.1 Å². The Morgan fingerprint density at radius 3 is 2.21 bits per heavy atom. The number of amides is 2. The summed E-state index contributed by atoms with van der Waals surface area (Å²) in [5, 5.41) is 2.85. The predicted octanol–water partition coefficient (Wildman–Crippen LogP) is 4.62. The third-order valence-electron chi connectivity index (χ3n) is 6.46. The van der Waals surface area contributed by atoms with Crippen LogP contribution in [0, 0.1) is 11.7 Å². The summed E-state index contributed by atoms with van der Waals surface area (Å²) in [5.74, 6) is -0.295. The van der Waals surface area contributed by atoms with Crippen LogP contribution in [0.15, 0.2) is 77.7 Å². The van der Waals surface area contributed by atoms with Crippen LogP contribution < -0.4 is 19.1 Å². The Morgan fingerprint density at radius 1 is 0.952 bits per heavy atom. The molecule has 9 nitrogen and oxygen atoms in total. The van der Waals surface area contributed by atoms with Crippen LogP contribution in [-0.4, -0.2) is 58.0 Å². The molecule has 1 unspecified atom stereocenters. The third-order valence-corrected chi connectivity index (χ3v) is 8.24. The number of methoxy groups -OCH3 is 1. The van der Waals surface area contributed by atoms with Crippen molar-refractivity contribution in [2.24, 2.45) is 5.92 Å². The first-order chi connectivity index (χ1) is 20.0. The lowest BCUT2D eigenvalue weighted by Crippen LogP contribution is -2.51. The monoisotopic (exact) mass is 599 g/mol. The number of hydrogen-bond acceptors (Lipinski definition) is 6. The lowest BCUT2D eigenvalue weighted by molar-refractivity contribution is -0.139. The topological polar surface area (TPSA) is 105 Å². The van der Waals surface area contributed by atoms with E-state index in [1.54, 1.807) is 31.2 Å². The highest BCUT2D eigenvalue weighted by molar-refractivity contribution is 7.92. The van der Waals surface area contributed by atoms with Gasteiger partial charge in [0.15, 0.2) is 0 Å². The number of halogens is 1. The zero-order valence-electron chi connectivity index (χ0n) is 24.5. The fourth-order valence-electron chi connectivity index (χ4n) is 4.14. The second-order valence-electron chi connectivity index (χ2n) is 10.1. The van der Waals surface area contributed by atoms with Crippen LogP contribution in [0.4, 0.5) is 10.1 Å². The lowest BCUT2D eigenvalue weighted by atomic mass is 10.1. The number of carbonyl (C=O) groups is 2. The molecule has 0 aliphatic heterocycles. The van der Waals surface area contributed by atoms with Crippen molar-refractivity contribution in [1.29, 1.82) is 0 Å². The van der Waals surface area contributed by atoms with Gasteiger partial charge in [0.2, 0.25) is 11.8 Å². The van der Waals surface area contributed by atoms with Crippen LogP contribution in [0.25, 0.3) is 0 Å². The highest BCUT2D eigenvalue weighted by Crippen LogP contribution is 2.26. The minimum Gasteiger partial charge on any atom is -0.497 e. The van der Waals surface area contributed by atoms with E-state index in [1.807, 2.05) is 20.8 Å². The van der Waals surface area contributed by atoms with Crippen molar-refractivity contribution in [2.45, 2.75) is 45.2 Å². The highest BCUT2D eigenvalue weighted by Gasteiger charge is 2.32. The number of sulfonamides is 1. The van der Waals surface area contributed by atoms with Crippen molar-refractivity contribution in [1.82, 2.24) is 10.2 Å². The van der Waals surface area contributed by atoms with E-state index in [1.165, 1.54) is 48.4 Å². The Morgan fingerprint density at radius 2 is 1.62 bits per heavy atom. The molecule has 3 aromatic rings. The molecule has 0 aliphatic rings. The number of benzene rings is 3. The normalized spacial score (nSPS) is 12.0. The quantitative estimate of drug-likeness (QED) is 0.290. The van der Waals surface area contributed by atoms with E-state index in [2.05, 4.69) is 5.32 Å². The van der Waals surface area contributed by atoms with Crippen molar-refractivity contribution < 1.29 is 31.9 Å². The summed E-state index contributed by atoms with van der Waals surface area (Å²) >= 11 is 0. The zero-order valence-corrected chi connectivity index (χ0v) is 25.4. The van der Waals surface area contributed by atoms with Crippen LogP contribution in [0.1, 0.15) is 33.3 Å². The number of rotatable bonds is 14. The Bertz CT molecular complexity index is 1450. The van der Waals surface area contributed by atoms with E-state index in [0.717, 1.165) is 16.4 Å². The zero-order chi connectivity index (χ0) is 30.9. The summed E-state index contributed by atoms with van der Waals surface area (Å²) in [7, 11) is -2.77. The SMILES string of the molecule is CCOc1ccc(S(=O)(=O)N(CC(=O)N(Cc2cccc(OC)c2)C(C)C(=O)NCC(C)C)c2ccc(F)cc2)cc1. The molecule has 0 spiro atoms. The summed E-state index contributed by atoms with van der Waals surface area (Å²) in [4.78, 5) is 28.3. The molecule has 1 N–H and O–H groups in total. The molecule has 2 amide bonds. The summed E-state index contributed by atoms with van der Waals surface area (Å²) in [5.41, 5.74) is 0.783. The maximum Gasteiger partial charge on any atom is 0.264 e. The van der Waals surface area contributed by atoms with Gasteiger partial charge in [0.25, 0.3) is 10.0 Å². The maximum atomic E-state index is 14.0. The van der Waals surface area contributed by atoms with Crippen molar-refractivity contribution in [2.75, 3.05) is 31.1 Å². The summed E-state index contributed by atoms with van der Waals surface area (Å²) in [6.45, 7) is 7.53. The standard InChI is InChI=1S/C31H38FN3O6S/c1-6-41-27-14-16-29(17-15-27)42(38,39)35(26-12-10-25(32)11-13-26)21-30(36)34(23(4)31(37)33-19-22(2)3)20-24-8-7-9-28(18-24)40-5/h7-18,22-23H,6,19-21H2,1-5H3,(H,33,37). The van der Waals surface area contributed by atoms with E-state index < -0.39 is 34.3 Å². The average molecular weight is 600 g/mol. The van der Waals surface area contributed by atoms with E-state index in [-0.39, 0.29) is 29.0 Å². The molecule has 3 rings (SSSR count). The Balaban J connectivity index is 2.01. The number of anilines is 1. The second kappa shape index (κ2) is 14.7. The van der Waals surface area contributed by atoms with E-state index >= 15 is 0 Å². The van der Waals surface area contributed by atoms with Crippen LogP contribution in [-0.2, 0) is 26.2 Å². The molecule has 1 atom stereocenters. The first-order valence-corrected chi connectivity index (χ1v) is 15.1. The van der Waals surface area contributed by atoms with Crippen LogP contribution in [0.3, 0.4) is 0 Å². The molecule has 0 aromatic heterocycles. The second-order valence-corrected chi connectivity index (χ2v) is 11.9. The number of carbonyl (C=O) groups excluding carboxylic acids is 2. The molecule has 0 bridgehead atoms. The number of nitrogens with one attached hydrogen (secondary N) is 1. The third kappa shape index (κ3) is 8.45. The Labute approximate surface area is 247 Å². The fourth-order valence-corrected chi connectivity index (χ4v) is 5.55. The van der Waals surface area contributed by atoms with E-state index in [9.17, 15) is 22.4 Å². The van der Waals surface area contributed by atoms with Crippen LogP contribution in [0.2, 0.25) is 0 Å². The molecule has 42 heavy (non-hydrogen) atoms. The molecule has 11 heteroatoms. The molecule has 0 fully saturated rings. The molecular formula is C31H38FN3O6S. The molecule has 226 valence electrons. The largest absolute Gasteiger partial charge is 0.497 e. The molecule has 0 saturated carbocycles. The number of ether oxygens (including phenoxy) is 2. The number of hydrogen-bond donors (Lipinski definition) is 1. The van der Waals surface area contributed by atoms with Crippen molar-refractivity contribution >= 4 is 27.5 Å². The van der Waals surface area contributed by atoms with Crippen molar-refractivity contribution in [3.63, 3.8) is 0 Å². The summed E-state index contributed by atoms with van der Waals surface area (Å²) < 4.78 is 53.2. The summed E-state index contributed by atoms with van der Waals surface area (Å²) in [6.07, 6.45) is 0. The van der Waals surface area contributed by atoms with Crippen molar-refractivity contribution in [3.8, 4) is 11.5 Å². The van der Waals surface area contributed by atoms with Crippen LogP contribution >= 0.6 is 0 Å². The Kier molecular flexibility index (Phi) is 11.3. The minimum atomic E-state index is -4.29. The average Bonchev–Trinajstić information content (AvgIpc) is 2.98. The van der Waals surface area contributed by atoms with Crippen molar-refractivity contribution in [3.05, 3.63) is 84.2 Å². The lowest BCUT2D eigenvalue weighted by Gasteiger charge is -2.32. The van der Waals surface area contributed by atoms with E-state index in [4.69, 9.17) is 9.47 Å². The van der Waals surface area contributed by atoms with Gasteiger partial charge in [-0.05, 0) is 86.0 Å². The van der Waals surface area contributed by atoms with Gasteiger partial charge in [-0.2, -0.15) is 0 Å². The first-order valence-electron chi connectivity index (χ1n) is 13.7. The van der Waals surface area contributed by atoms with E-state index in [0.29, 0.717) is 30.2 Å². The van der Waals surface area contributed by atoms with Gasteiger partial charge in [-0.25, -0.2) is 12.8 Å². The van der Waals surface area contributed by atoms with Gasteiger partial charge >= 0.3 is 0 Å². The van der Waals surface area contributed by atoms with Gasteiger partial charge in [-0.15, -0.1) is 0 Å². The molecular weight excluding hydrogens is 561 g/mol. The fraction of sp³-hybridized carbons (Fsp3) is 0.355. The Hall–Kier alpha value is -4.12. The van der Waals surface area contributed by atoms with Gasteiger partial charge in [0.05, 0.1) is 24.3 Å². The molecule has 0 heterocycles. The minimum absolute atomic E-state index is 0.0205. The summed E-state index contributed by atoms with van der Waals surface area (Å²) in [6, 6.07) is 16.8.